The summed E-state index contributed by atoms with van der Waals surface area (Å²) in [6, 6.07) is 6.22. The monoisotopic (exact) mass is 207 g/mol. The van der Waals surface area contributed by atoms with Gasteiger partial charge < -0.3 is 9.15 Å². The van der Waals surface area contributed by atoms with E-state index in [-0.39, 0.29) is 18.2 Å². The zero-order valence-corrected chi connectivity index (χ0v) is 8.24. The van der Waals surface area contributed by atoms with E-state index in [4.69, 9.17) is 9.15 Å². The molecule has 0 saturated heterocycles. The highest BCUT2D eigenvalue weighted by Crippen LogP contribution is 2.16. The second kappa shape index (κ2) is 4.13. The molecular formula is C11H10FNO2. The Labute approximate surface area is 86.5 Å². The quantitative estimate of drug-likeness (QED) is 0.776. The Kier molecular flexibility index (Phi) is 2.67. The molecule has 4 heteroatoms. The fourth-order valence-electron chi connectivity index (χ4n) is 1.17. The topological polar surface area (TPSA) is 35.3 Å². The standard InChI is InChI=1S/C11H10FNO2/c1-8-6-13-11(15-8)7-14-10-5-3-2-4-9(10)12/h2-6H,7H2,1H3. The molecule has 0 aliphatic heterocycles. The van der Waals surface area contributed by atoms with Crippen LogP contribution in [0, 0.1) is 12.7 Å². The molecule has 0 bridgehead atoms. The summed E-state index contributed by atoms with van der Waals surface area (Å²) in [6.07, 6.45) is 1.60. The second-order valence-electron chi connectivity index (χ2n) is 3.08. The summed E-state index contributed by atoms with van der Waals surface area (Å²) in [5.74, 6) is 0.965. The second-order valence-corrected chi connectivity index (χ2v) is 3.08. The molecule has 2 rings (SSSR count). The first-order valence-corrected chi connectivity index (χ1v) is 4.54. The highest BCUT2D eigenvalue weighted by atomic mass is 19.1. The summed E-state index contributed by atoms with van der Waals surface area (Å²) in [6.45, 7) is 1.92. The van der Waals surface area contributed by atoms with Crippen LogP contribution in [0.25, 0.3) is 0 Å². The molecular weight excluding hydrogens is 197 g/mol. The highest BCUT2D eigenvalue weighted by Gasteiger charge is 2.04. The summed E-state index contributed by atoms with van der Waals surface area (Å²) in [7, 11) is 0. The van der Waals surface area contributed by atoms with E-state index in [1.54, 1.807) is 31.3 Å². The van der Waals surface area contributed by atoms with Crippen molar-refractivity contribution in [3.8, 4) is 5.75 Å². The van der Waals surface area contributed by atoms with Crippen LogP contribution < -0.4 is 4.74 Å². The first-order chi connectivity index (χ1) is 7.25. The Morgan fingerprint density at radius 3 is 2.87 bits per heavy atom. The van der Waals surface area contributed by atoms with Crippen molar-refractivity contribution in [3.63, 3.8) is 0 Å². The molecule has 0 spiro atoms. The van der Waals surface area contributed by atoms with Crippen molar-refractivity contribution >= 4 is 0 Å². The van der Waals surface area contributed by atoms with Crippen LogP contribution in [-0.4, -0.2) is 4.98 Å². The maximum Gasteiger partial charge on any atom is 0.232 e. The summed E-state index contributed by atoms with van der Waals surface area (Å²) in [5, 5.41) is 0. The third-order valence-corrected chi connectivity index (χ3v) is 1.86. The van der Waals surface area contributed by atoms with Gasteiger partial charge in [-0.05, 0) is 19.1 Å². The van der Waals surface area contributed by atoms with Gasteiger partial charge in [-0.2, -0.15) is 0 Å². The number of aryl methyl sites for hydroxylation is 1. The minimum Gasteiger partial charge on any atom is -0.481 e. The number of rotatable bonds is 3. The third-order valence-electron chi connectivity index (χ3n) is 1.86. The van der Waals surface area contributed by atoms with Gasteiger partial charge in [-0.1, -0.05) is 12.1 Å². The van der Waals surface area contributed by atoms with Crippen molar-refractivity contribution in [1.82, 2.24) is 4.98 Å². The normalized spacial score (nSPS) is 10.3. The molecule has 0 atom stereocenters. The molecule has 0 fully saturated rings. The van der Waals surface area contributed by atoms with Crippen molar-refractivity contribution in [2.45, 2.75) is 13.5 Å². The SMILES string of the molecule is Cc1cnc(COc2ccccc2F)o1. The maximum atomic E-state index is 13.1. The lowest BCUT2D eigenvalue weighted by molar-refractivity contribution is 0.250. The van der Waals surface area contributed by atoms with Crippen LogP contribution in [0.3, 0.4) is 0 Å². The minimum absolute atomic E-state index is 0.134. The first kappa shape index (κ1) is 9.71. The van der Waals surface area contributed by atoms with Crippen molar-refractivity contribution in [1.29, 1.82) is 0 Å². The molecule has 0 saturated carbocycles. The molecule has 78 valence electrons. The van der Waals surface area contributed by atoms with E-state index in [0.29, 0.717) is 11.7 Å². The van der Waals surface area contributed by atoms with Gasteiger partial charge in [-0.3, -0.25) is 0 Å². The molecule has 1 aromatic heterocycles. The van der Waals surface area contributed by atoms with Gasteiger partial charge in [-0.15, -0.1) is 0 Å². The van der Waals surface area contributed by atoms with Crippen molar-refractivity contribution in [2.24, 2.45) is 0 Å². The fraction of sp³-hybridized carbons (Fsp3) is 0.182. The molecule has 0 amide bonds. The lowest BCUT2D eigenvalue weighted by Crippen LogP contribution is -1.97. The van der Waals surface area contributed by atoms with Gasteiger partial charge in [0.2, 0.25) is 5.89 Å². The van der Waals surface area contributed by atoms with E-state index >= 15 is 0 Å². The van der Waals surface area contributed by atoms with Crippen LogP contribution in [0.5, 0.6) is 5.75 Å². The van der Waals surface area contributed by atoms with E-state index in [9.17, 15) is 4.39 Å². The lowest BCUT2D eigenvalue weighted by Gasteiger charge is -2.03. The van der Waals surface area contributed by atoms with Gasteiger partial charge in [0.15, 0.2) is 18.2 Å². The van der Waals surface area contributed by atoms with Crippen LogP contribution in [0.1, 0.15) is 11.7 Å². The molecule has 1 aromatic carbocycles. The summed E-state index contributed by atoms with van der Waals surface area (Å²) in [5.41, 5.74) is 0. The highest BCUT2D eigenvalue weighted by molar-refractivity contribution is 5.23. The van der Waals surface area contributed by atoms with Gasteiger partial charge in [0, 0.05) is 0 Å². The number of halogens is 1. The van der Waals surface area contributed by atoms with E-state index in [0.717, 1.165) is 0 Å². The molecule has 0 aliphatic carbocycles. The maximum absolute atomic E-state index is 13.1. The zero-order valence-electron chi connectivity index (χ0n) is 8.24. The van der Waals surface area contributed by atoms with Crippen LogP contribution in [0.4, 0.5) is 4.39 Å². The van der Waals surface area contributed by atoms with Crippen molar-refractivity contribution in [2.75, 3.05) is 0 Å². The Bertz CT molecular complexity index is 453. The fourth-order valence-corrected chi connectivity index (χ4v) is 1.17. The number of hydrogen-bond acceptors (Lipinski definition) is 3. The predicted molar refractivity (Wildman–Crippen MR) is 52.0 cm³/mol. The Balaban J connectivity index is 2.02. The molecule has 1 heterocycles. The summed E-state index contributed by atoms with van der Waals surface area (Å²) in [4.78, 5) is 3.95. The lowest BCUT2D eigenvalue weighted by atomic mass is 10.3. The van der Waals surface area contributed by atoms with Crippen LogP contribution >= 0.6 is 0 Å². The third kappa shape index (κ3) is 2.34. The molecule has 0 unspecified atom stereocenters. The Hall–Kier alpha value is -1.84. The predicted octanol–water partition coefficient (Wildman–Crippen LogP) is 2.70. The largest absolute Gasteiger partial charge is 0.481 e. The summed E-state index contributed by atoms with van der Waals surface area (Å²) < 4.78 is 23.5. The summed E-state index contributed by atoms with van der Waals surface area (Å²) >= 11 is 0. The number of hydrogen-bond donors (Lipinski definition) is 0. The van der Waals surface area contributed by atoms with E-state index in [2.05, 4.69) is 4.98 Å². The number of para-hydroxylation sites is 1. The number of nitrogens with zero attached hydrogens (tertiary/aromatic N) is 1. The van der Waals surface area contributed by atoms with E-state index < -0.39 is 0 Å². The average Bonchev–Trinajstić information content (AvgIpc) is 2.63. The van der Waals surface area contributed by atoms with Gasteiger partial charge >= 0.3 is 0 Å². The number of ether oxygens (including phenoxy) is 1. The molecule has 0 radical (unpaired) electrons. The van der Waals surface area contributed by atoms with Gasteiger partial charge in [-0.25, -0.2) is 9.37 Å². The average molecular weight is 207 g/mol. The molecule has 0 N–H and O–H groups in total. The smallest absolute Gasteiger partial charge is 0.232 e. The minimum atomic E-state index is -0.388. The van der Waals surface area contributed by atoms with Crippen LogP contribution in [0.2, 0.25) is 0 Å². The van der Waals surface area contributed by atoms with Crippen molar-refractivity contribution < 1.29 is 13.5 Å². The molecule has 3 nitrogen and oxygen atoms in total. The Morgan fingerprint density at radius 1 is 1.40 bits per heavy atom. The van der Waals surface area contributed by atoms with Gasteiger partial charge in [0.05, 0.1) is 6.20 Å². The van der Waals surface area contributed by atoms with E-state index in [1.165, 1.54) is 6.07 Å². The zero-order chi connectivity index (χ0) is 10.7. The molecule has 0 aliphatic rings. The molecule has 2 aromatic rings. The van der Waals surface area contributed by atoms with Crippen LogP contribution in [-0.2, 0) is 6.61 Å². The Morgan fingerprint density at radius 2 is 2.20 bits per heavy atom. The van der Waals surface area contributed by atoms with Crippen LogP contribution in [0.15, 0.2) is 34.9 Å². The molecule has 15 heavy (non-hydrogen) atoms. The van der Waals surface area contributed by atoms with Crippen molar-refractivity contribution in [3.05, 3.63) is 47.9 Å². The van der Waals surface area contributed by atoms with E-state index in [1.807, 2.05) is 0 Å². The number of oxazole rings is 1. The first-order valence-electron chi connectivity index (χ1n) is 4.54. The van der Waals surface area contributed by atoms with Gasteiger partial charge in [0.1, 0.15) is 5.76 Å². The number of benzene rings is 1. The number of aromatic nitrogens is 1. The van der Waals surface area contributed by atoms with Gasteiger partial charge in [0.25, 0.3) is 0 Å².